The number of carbonyl (C=O) groups is 1. The molecule has 0 radical (unpaired) electrons. The summed E-state index contributed by atoms with van der Waals surface area (Å²) in [4.78, 5) is 22.1. The number of amides is 1. The van der Waals surface area contributed by atoms with Crippen molar-refractivity contribution >= 4 is 11.9 Å². The highest BCUT2D eigenvalue weighted by Crippen LogP contribution is 2.46. The third-order valence-electron chi connectivity index (χ3n) is 7.57. The van der Waals surface area contributed by atoms with Crippen molar-refractivity contribution in [1.82, 2.24) is 9.88 Å². The van der Waals surface area contributed by atoms with Gasteiger partial charge in [-0.1, -0.05) is 13.8 Å². The molecule has 2 saturated carbocycles. The maximum absolute atomic E-state index is 12.8. The number of nitrogens with zero attached hydrogens (tertiary/aromatic N) is 4. The number of rotatable bonds is 5. The van der Waals surface area contributed by atoms with Gasteiger partial charge in [-0.15, -0.1) is 0 Å². The molecule has 0 aromatic carbocycles. The van der Waals surface area contributed by atoms with Gasteiger partial charge in [0, 0.05) is 37.5 Å². The van der Waals surface area contributed by atoms with Crippen molar-refractivity contribution < 1.29 is 14.3 Å². The zero-order valence-electron chi connectivity index (χ0n) is 20.4. The van der Waals surface area contributed by atoms with Crippen LogP contribution in [-0.4, -0.2) is 53.9 Å². The van der Waals surface area contributed by atoms with Gasteiger partial charge in [0.15, 0.2) is 0 Å². The molecule has 178 valence electrons. The highest BCUT2D eigenvalue weighted by Gasteiger charge is 2.40. The molecular weight excluding hydrogens is 416 g/mol. The summed E-state index contributed by atoms with van der Waals surface area (Å²) in [6, 6.07) is 2.52. The summed E-state index contributed by atoms with van der Waals surface area (Å²) in [6.07, 6.45) is 5.17. The second-order valence-electron chi connectivity index (χ2n) is 11.2. The predicted molar refractivity (Wildman–Crippen MR) is 125 cm³/mol. The van der Waals surface area contributed by atoms with Crippen LogP contribution in [0, 0.1) is 23.2 Å². The SMILES string of the molecule is CC(C)[C@@H]1CN(c2nc(C3CC3)c3c(c2C#N)CC(C)(C)OC3)CCN1C(=O)OCC1CC1. The molecular formula is C26H36N4O3. The Bertz CT molecular complexity index is 975. The molecule has 1 atom stereocenters. The Morgan fingerprint density at radius 1 is 1.24 bits per heavy atom. The first kappa shape index (κ1) is 22.5. The minimum Gasteiger partial charge on any atom is -0.449 e. The number of carbonyl (C=O) groups excluding carboxylic acids is 1. The van der Waals surface area contributed by atoms with E-state index in [1.54, 1.807) is 0 Å². The quantitative estimate of drug-likeness (QED) is 0.660. The molecule has 5 rings (SSSR count). The molecule has 7 nitrogen and oxygen atoms in total. The largest absolute Gasteiger partial charge is 0.449 e. The van der Waals surface area contributed by atoms with Crippen molar-refractivity contribution in [3.05, 3.63) is 22.4 Å². The first-order chi connectivity index (χ1) is 15.8. The van der Waals surface area contributed by atoms with E-state index in [-0.39, 0.29) is 23.7 Å². The number of fused-ring (bicyclic) bond motifs is 1. The lowest BCUT2D eigenvalue weighted by Crippen LogP contribution is -2.57. The van der Waals surface area contributed by atoms with Crippen LogP contribution >= 0.6 is 0 Å². The van der Waals surface area contributed by atoms with Crippen LogP contribution in [-0.2, 0) is 22.5 Å². The van der Waals surface area contributed by atoms with E-state index in [0.717, 1.165) is 41.9 Å². The Hall–Kier alpha value is -2.33. The van der Waals surface area contributed by atoms with Crippen LogP contribution in [0.5, 0.6) is 0 Å². The van der Waals surface area contributed by atoms with E-state index < -0.39 is 0 Å². The maximum atomic E-state index is 12.8. The summed E-state index contributed by atoms with van der Waals surface area (Å²) in [5.41, 5.74) is 3.79. The summed E-state index contributed by atoms with van der Waals surface area (Å²) in [7, 11) is 0. The molecule has 0 bridgehead atoms. The fraction of sp³-hybridized carbons (Fsp3) is 0.731. The van der Waals surface area contributed by atoms with Gasteiger partial charge in [-0.3, -0.25) is 0 Å². The van der Waals surface area contributed by atoms with E-state index in [2.05, 4.69) is 38.7 Å². The lowest BCUT2D eigenvalue weighted by atomic mass is 9.87. The molecule has 0 unspecified atom stereocenters. The Morgan fingerprint density at radius 3 is 2.64 bits per heavy atom. The van der Waals surface area contributed by atoms with Crippen LogP contribution in [0.4, 0.5) is 10.6 Å². The highest BCUT2D eigenvalue weighted by molar-refractivity contribution is 5.69. The van der Waals surface area contributed by atoms with E-state index >= 15 is 0 Å². The van der Waals surface area contributed by atoms with Gasteiger partial charge in [0.25, 0.3) is 0 Å². The molecule has 2 aliphatic heterocycles. The summed E-state index contributed by atoms with van der Waals surface area (Å²) in [6.45, 7) is 11.5. The number of piperazine rings is 1. The first-order valence-electron chi connectivity index (χ1n) is 12.6. The van der Waals surface area contributed by atoms with Crippen molar-refractivity contribution in [1.29, 1.82) is 5.26 Å². The first-order valence-corrected chi connectivity index (χ1v) is 12.6. The highest BCUT2D eigenvalue weighted by atomic mass is 16.6. The Morgan fingerprint density at radius 2 is 2.00 bits per heavy atom. The molecule has 7 heteroatoms. The van der Waals surface area contributed by atoms with E-state index in [9.17, 15) is 10.1 Å². The molecule has 33 heavy (non-hydrogen) atoms. The van der Waals surface area contributed by atoms with Gasteiger partial charge >= 0.3 is 6.09 Å². The Labute approximate surface area is 197 Å². The van der Waals surface area contributed by atoms with E-state index in [1.807, 2.05) is 4.90 Å². The molecule has 4 aliphatic rings. The summed E-state index contributed by atoms with van der Waals surface area (Å²) < 4.78 is 11.7. The minimum absolute atomic E-state index is 0.0268. The molecule has 1 aromatic rings. The molecule has 3 fully saturated rings. The van der Waals surface area contributed by atoms with Gasteiger partial charge in [0.1, 0.15) is 11.9 Å². The van der Waals surface area contributed by atoms with Crippen molar-refractivity contribution in [3.8, 4) is 6.07 Å². The molecule has 3 heterocycles. The minimum atomic E-state index is -0.289. The topological polar surface area (TPSA) is 78.7 Å². The zero-order chi connectivity index (χ0) is 23.3. The molecule has 1 aromatic heterocycles. The van der Waals surface area contributed by atoms with Crippen LogP contribution in [0.1, 0.15) is 81.7 Å². The monoisotopic (exact) mass is 452 g/mol. The average molecular weight is 453 g/mol. The molecule has 1 saturated heterocycles. The fourth-order valence-corrected chi connectivity index (χ4v) is 5.18. The number of hydrogen-bond acceptors (Lipinski definition) is 6. The molecule has 2 aliphatic carbocycles. The van der Waals surface area contributed by atoms with Crippen LogP contribution in [0.15, 0.2) is 0 Å². The Kier molecular flexibility index (Phi) is 5.76. The van der Waals surface area contributed by atoms with Crippen molar-refractivity contribution in [3.63, 3.8) is 0 Å². The number of nitriles is 1. The molecule has 0 N–H and O–H groups in total. The zero-order valence-corrected chi connectivity index (χ0v) is 20.4. The third kappa shape index (κ3) is 4.55. The number of hydrogen-bond donors (Lipinski definition) is 0. The van der Waals surface area contributed by atoms with Gasteiger partial charge in [-0.2, -0.15) is 5.26 Å². The van der Waals surface area contributed by atoms with Gasteiger partial charge in [0.2, 0.25) is 0 Å². The van der Waals surface area contributed by atoms with Gasteiger partial charge in [-0.25, -0.2) is 9.78 Å². The van der Waals surface area contributed by atoms with Crippen LogP contribution < -0.4 is 4.90 Å². The van der Waals surface area contributed by atoms with E-state index in [0.29, 0.717) is 50.2 Å². The fourth-order valence-electron chi connectivity index (χ4n) is 5.18. The van der Waals surface area contributed by atoms with E-state index in [1.165, 1.54) is 12.8 Å². The molecule has 1 amide bonds. The lowest BCUT2D eigenvalue weighted by molar-refractivity contribution is -0.0407. The maximum Gasteiger partial charge on any atom is 0.410 e. The van der Waals surface area contributed by atoms with E-state index in [4.69, 9.17) is 14.5 Å². The second-order valence-corrected chi connectivity index (χ2v) is 11.2. The lowest BCUT2D eigenvalue weighted by Gasteiger charge is -2.44. The van der Waals surface area contributed by atoms with Gasteiger partial charge in [0.05, 0.1) is 36.1 Å². The summed E-state index contributed by atoms with van der Waals surface area (Å²) in [5.74, 6) is 2.11. The number of pyridine rings is 1. The average Bonchev–Trinajstić information content (AvgIpc) is 3.69. The van der Waals surface area contributed by atoms with Crippen LogP contribution in [0.25, 0.3) is 0 Å². The molecule has 0 spiro atoms. The number of ether oxygens (including phenoxy) is 2. The standard InChI is InChI=1S/C26H36N4O3/c1-16(2)22-13-29(9-10-30(22)25(31)32-14-17-5-6-17)24-20(12-27)19-11-26(3,4)33-15-21(19)23(28-24)18-7-8-18/h16-18,22H,5-11,13-15H2,1-4H3/t22-/m0/s1. The Balaban J connectivity index is 1.44. The van der Waals surface area contributed by atoms with Gasteiger partial charge in [-0.05, 0) is 56.9 Å². The second kappa shape index (κ2) is 8.47. The van der Waals surface area contributed by atoms with Crippen molar-refractivity contribution in [2.75, 3.05) is 31.1 Å². The van der Waals surface area contributed by atoms with Crippen molar-refractivity contribution in [2.45, 2.75) is 84.0 Å². The third-order valence-corrected chi connectivity index (χ3v) is 7.57. The number of anilines is 1. The number of aromatic nitrogens is 1. The van der Waals surface area contributed by atoms with Crippen LogP contribution in [0.3, 0.4) is 0 Å². The predicted octanol–water partition coefficient (Wildman–Crippen LogP) is 4.38. The summed E-state index contributed by atoms with van der Waals surface area (Å²) >= 11 is 0. The van der Waals surface area contributed by atoms with Crippen LogP contribution in [0.2, 0.25) is 0 Å². The normalized spacial score (nSPS) is 24.4. The van der Waals surface area contributed by atoms with Crippen molar-refractivity contribution in [2.24, 2.45) is 11.8 Å². The summed E-state index contributed by atoms with van der Waals surface area (Å²) in [5, 5.41) is 10.2. The van der Waals surface area contributed by atoms with Gasteiger partial charge < -0.3 is 19.3 Å². The smallest absolute Gasteiger partial charge is 0.410 e.